The summed E-state index contributed by atoms with van der Waals surface area (Å²) in [5, 5.41) is 15.8. The highest BCUT2D eigenvalue weighted by atomic mass is 127. The molecule has 1 heterocycles. The lowest BCUT2D eigenvalue weighted by molar-refractivity contribution is -0.384. The van der Waals surface area contributed by atoms with Gasteiger partial charge in [0.2, 0.25) is 0 Å². The lowest BCUT2D eigenvalue weighted by atomic mass is 9.95. The average Bonchev–Trinajstić information content (AvgIpc) is 2.82. The van der Waals surface area contributed by atoms with E-state index in [9.17, 15) is 14.9 Å². The second kappa shape index (κ2) is 10.5. The summed E-state index contributed by atoms with van der Waals surface area (Å²) in [7, 11) is 0. The monoisotopic (exact) mass is 660 g/mol. The molecular weight excluding hydrogens is 639 g/mol. The van der Waals surface area contributed by atoms with Crippen LogP contribution in [0, 0.1) is 13.7 Å². The average molecular weight is 661 g/mol. The van der Waals surface area contributed by atoms with E-state index in [2.05, 4.69) is 43.6 Å². The summed E-state index contributed by atoms with van der Waals surface area (Å²) in [5.74, 6) is 1.24. The number of benzene rings is 3. The number of nitro benzene ring substituents is 1. The Kier molecular flexibility index (Phi) is 7.55. The third kappa shape index (κ3) is 5.81. The first-order valence-electron chi connectivity index (χ1n) is 11.0. The van der Waals surface area contributed by atoms with Gasteiger partial charge in [0.05, 0.1) is 25.6 Å². The van der Waals surface area contributed by atoms with E-state index in [0.29, 0.717) is 22.5 Å². The van der Waals surface area contributed by atoms with Crippen LogP contribution in [0.3, 0.4) is 0 Å². The van der Waals surface area contributed by atoms with Gasteiger partial charge in [0, 0.05) is 22.0 Å². The number of hydrogen-bond donors (Lipinski definition) is 0. The van der Waals surface area contributed by atoms with Crippen molar-refractivity contribution in [3.8, 4) is 5.75 Å². The maximum Gasteiger partial charge on any atom is 0.282 e. The van der Waals surface area contributed by atoms with Gasteiger partial charge < -0.3 is 4.74 Å². The first kappa shape index (κ1) is 26.0. The number of fused-ring (bicyclic) bond motifs is 1. The molecule has 36 heavy (non-hydrogen) atoms. The van der Waals surface area contributed by atoms with Crippen LogP contribution >= 0.6 is 38.5 Å². The van der Waals surface area contributed by atoms with Gasteiger partial charge in [0.15, 0.2) is 0 Å². The summed E-state index contributed by atoms with van der Waals surface area (Å²) in [6, 6.07) is 17.3. The number of ether oxygens (including phenoxy) is 1. The predicted molar refractivity (Wildman–Crippen MR) is 152 cm³/mol. The van der Waals surface area contributed by atoms with Crippen LogP contribution in [0.25, 0.3) is 10.9 Å². The molecule has 0 unspecified atom stereocenters. The molecular formula is C26H22BrIN4O4. The van der Waals surface area contributed by atoms with E-state index < -0.39 is 10.3 Å². The Balaban J connectivity index is 1.59. The van der Waals surface area contributed by atoms with Crippen molar-refractivity contribution in [2.75, 3.05) is 0 Å². The molecule has 0 bridgehead atoms. The van der Waals surface area contributed by atoms with E-state index in [1.807, 2.05) is 51.1 Å². The minimum Gasteiger partial charge on any atom is -0.488 e. The van der Waals surface area contributed by atoms with E-state index in [0.717, 1.165) is 19.2 Å². The van der Waals surface area contributed by atoms with Gasteiger partial charge in [-0.15, -0.1) is 0 Å². The molecule has 4 aromatic rings. The summed E-state index contributed by atoms with van der Waals surface area (Å²) in [4.78, 5) is 28.4. The van der Waals surface area contributed by atoms with Gasteiger partial charge in [0.25, 0.3) is 11.2 Å². The zero-order chi connectivity index (χ0) is 26.0. The Morgan fingerprint density at radius 2 is 1.86 bits per heavy atom. The first-order valence-corrected chi connectivity index (χ1v) is 12.8. The number of aromatic nitrogens is 2. The van der Waals surface area contributed by atoms with Crippen molar-refractivity contribution in [1.29, 1.82) is 0 Å². The number of rotatable bonds is 6. The number of non-ortho nitro benzene ring substituents is 1. The summed E-state index contributed by atoms with van der Waals surface area (Å²) in [6.07, 6.45) is 1.63. The lowest BCUT2D eigenvalue weighted by Crippen LogP contribution is -2.29. The third-order valence-corrected chi connectivity index (χ3v) is 6.64. The largest absolute Gasteiger partial charge is 0.488 e. The number of halogens is 2. The molecule has 3 aromatic carbocycles. The summed E-state index contributed by atoms with van der Waals surface area (Å²) in [5.41, 5.74) is 1.65. The predicted octanol–water partition coefficient (Wildman–Crippen LogP) is 6.43. The molecule has 0 spiro atoms. The normalized spacial score (nSPS) is 11.8. The molecule has 0 radical (unpaired) electrons. The molecule has 0 saturated heterocycles. The Morgan fingerprint density at radius 3 is 2.50 bits per heavy atom. The van der Waals surface area contributed by atoms with Gasteiger partial charge in [-0.2, -0.15) is 9.78 Å². The molecule has 0 aliphatic rings. The van der Waals surface area contributed by atoms with Gasteiger partial charge >= 0.3 is 0 Å². The SMILES string of the molecule is CC(C)(C)c1nc2ccc(Br)cc2c(=O)n1N=Cc1ccc(OCc2ccc([N+](=O)[O-])cc2)c(I)c1. The van der Waals surface area contributed by atoms with Crippen molar-refractivity contribution < 1.29 is 9.66 Å². The number of hydrogen-bond acceptors (Lipinski definition) is 6. The van der Waals surface area contributed by atoms with Crippen molar-refractivity contribution in [2.24, 2.45) is 5.10 Å². The molecule has 4 rings (SSSR count). The summed E-state index contributed by atoms with van der Waals surface area (Å²) in [6.45, 7) is 6.26. The molecule has 1 aromatic heterocycles. The molecule has 0 amide bonds. The molecule has 0 N–H and O–H groups in total. The zero-order valence-corrected chi connectivity index (χ0v) is 23.5. The maximum atomic E-state index is 13.3. The molecule has 0 aliphatic carbocycles. The van der Waals surface area contributed by atoms with E-state index in [1.54, 1.807) is 24.4 Å². The highest BCUT2D eigenvalue weighted by Crippen LogP contribution is 2.25. The highest BCUT2D eigenvalue weighted by molar-refractivity contribution is 14.1. The Bertz CT molecular complexity index is 1540. The fourth-order valence-corrected chi connectivity index (χ4v) is 4.51. The fraction of sp³-hybridized carbons (Fsp3) is 0.192. The molecule has 10 heteroatoms. The molecule has 0 aliphatic heterocycles. The quantitative estimate of drug-likeness (QED) is 0.103. The smallest absolute Gasteiger partial charge is 0.282 e. The highest BCUT2D eigenvalue weighted by Gasteiger charge is 2.23. The van der Waals surface area contributed by atoms with Crippen LogP contribution in [0.2, 0.25) is 0 Å². The molecule has 184 valence electrons. The minimum atomic E-state index is -0.431. The van der Waals surface area contributed by atoms with Gasteiger partial charge in [0.1, 0.15) is 18.2 Å². The Morgan fingerprint density at radius 1 is 1.14 bits per heavy atom. The minimum absolute atomic E-state index is 0.0416. The molecule has 0 saturated carbocycles. The third-order valence-electron chi connectivity index (χ3n) is 5.30. The van der Waals surface area contributed by atoms with Gasteiger partial charge in [-0.05, 0) is 82.2 Å². The number of nitro groups is 1. The molecule has 0 fully saturated rings. The van der Waals surface area contributed by atoms with Crippen LogP contribution in [-0.2, 0) is 12.0 Å². The van der Waals surface area contributed by atoms with Crippen LogP contribution < -0.4 is 10.3 Å². The van der Waals surface area contributed by atoms with Crippen LogP contribution in [-0.4, -0.2) is 20.8 Å². The van der Waals surface area contributed by atoms with Crippen LogP contribution in [0.1, 0.15) is 37.7 Å². The van der Waals surface area contributed by atoms with Gasteiger partial charge in [-0.25, -0.2) is 4.98 Å². The topological polar surface area (TPSA) is 99.6 Å². The van der Waals surface area contributed by atoms with E-state index in [4.69, 9.17) is 9.72 Å². The van der Waals surface area contributed by atoms with E-state index in [1.165, 1.54) is 16.8 Å². The lowest BCUT2D eigenvalue weighted by Gasteiger charge is -2.20. The van der Waals surface area contributed by atoms with Crippen molar-refractivity contribution in [1.82, 2.24) is 9.66 Å². The van der Waals surface area contributed by atoms with Gasteiger partial charge in [-0.1, -0.05) is 36.7 Å². The van der Waals surface area contributed by atoms with Gasteiger partial charge in [-0.3, -0.25) is 14.9 Å². The van der Waals surface area contributed by atoms with E-state index in [-0.39, 0.29) is 17.9 Å². The molecule has 0 atom stereocenters. The Labute approximate surface area is 229 Å². The summed E-state index contributed by atoms with van der Waals surface area (Å²) >= 11 is 5.60. The maximum absolute atomic E-state index is 13.3. The Hall–Kier alpha value is -3.12. The summed E-state index contributed by atoms with van der Waals surface area (Å²) < 4.78 is 8.91. The van der Waals surface area contributed by atoms with Crippen molar-refractivity contribution in [3.63, 3.8) is 0 Å². The van der Waals surface area contributed by atoms with Crippen LogP contribution in [0.15, 0.2) is 75.0 Å². The molecule has 8 nitrogen and oxygen atoms in total. The second-order valence-corrected chi connectivity index (χ2v) is 11.2. The first-order chi connectivity index (χ1) is 17.0. The zero-order valence-electron chi connectivity index (χ0n) is 19.7. The van der Waals surface area contributed by atoms with Crippen molar-refractivity contribution in [3.05, 3.63) is 106 Å². The van der Waals surface area contributed by atoms with Crippen molar-refractivity contribution in [2.45, 2.75) is 32.8 Å². The van der Waals surface area contributed by atoms with Crippen LogP contribution in [0.4, 0.5) is 5.69 Å². The fourth-order valence-electron chi connectivity index (χ4n) is 3.46. The van der Waals surface area contributed by atoms with Crippen molar-refractivity contribution >= 4 is 61.3 Å². The van der Waals surface area contributed by atoms with Crippen LogP contribution in [0.5, 0.6) is 5.75 Å². The van der Waals surface area contributed by atoms with E-state index >= 15 is 0 Å². The number of nitrogens with zero attached hydrogens (tertiary/aromatic N) is 4. The second-order valence-electron chi connectivity index (χ2n) is 9.11. The standard InChI is InChI=1S/C26H22BrIN4O4/c1-26(2,3)25-30-22-10-7-18(27)13-20(22)24(33)31(25)29-14-17-6-11-23(21(28)12-17)36-15-16-4-8-19(9-5-16)32(34)35/h4-14H,15H2,1-3H3.